The third kappa shape index (κ3) is 3.12. The molecule has 7 heteroatoms. The smallest absolute Gasteiger partial charge is 0.387 e. The Morgan fingerprint density at radius 2 is 2.07 bits per heavy atom. The fraction of sp³-hybridized carbons (Fsp3) is 0.375. The van der Waals surface area contributed by atoms with E-state index in [1.165, 1.54) is 6.92 Å². The Morgan fingerprint density at radius 1 is 1.47 bits per heavy atom. The van der Waals surface area contributed by atoms with Crippen LogP contribution in [-0.4, -0.2) is 26.3 Å². The average molecular weight is 237 g/mol. The summed E-state index contributed by atoms with van der Waals surface area (Å²) in [5.74, 6) is -0.268. The summed E-state index contributed by atoms with van der Waals surface area (Å²) in [5, 5.41) is 0. The van der Waals surface area contributed by atoms with E-state index >= 15 is 0 Å². The number of alkyl halides is 2. The van der Waals surface area contributed by atoms with E-state index < -0.39 is 16.4 Å². The van der Waals surface area contributed by atoms with Gasteiger partial charge >= 0.3 is 6.61 Å². The lowest BCUT2D eigenvalue weighted by Gasteiger charge is -2.07. The quantitative estimate of drug-likeness (QED) is 0.797. The van der Waals surface area contributed by atoms with Gasteiger partial charge in [-0.2, -0.15) is 8.78 Å². The largest absolute Gasteiger partial charge is 0.433 e. The predicted molar refractivity (Wildman–Crippen MR) is 48.7 cm³/mol. The summed E-state index contributed by atoms with van der Waals surface area (Å²) < 4.78 is 50.2. The average Bonchev–Trinajstić information content (AvgIpc) is 2.05. The third-order valence-electron chi connectivity index (χ3n) is 1.64. The Labute approximate surface area is 85.8 Å². The number of hydrogen-bond donors (Lipinski definition) is 0. The second-order valence-corrected chi connectivity index (χ2v) is 4.89. The molecule has 0 N–H and O–H groups in total. The fourth-order valence-corrected chi connectivity index (χ4v) is 1.96. The molecule has 0 aliphatic heterocycles. The molecule has 0 radical (unpaired) electrons. The molecule has 4 nitrogen and oxygen atoms in total. The van der Waals surface area contributed by atoms with Gasteiger partial charge in [-0.1, -0.05) is 0 Å². The lowest BCUT2D eigenvalue weighted by molar-refractivity contribution is -0.0502. The molecule has 0 atom stereocenters. The number of aromatic nitrogens is 1. The van der Waals surface area contributed by atoms with Crippen molar-refractivity contribution in [3.63, 3.8) is 0 Å². The lowest BCUT2D eigenvalue weighted by Crippen LogP contribution is -2.06. The van der Waals surface area contributed by atoms with Crippen molar-refractivity contribution < 1.29 is 21.9 Å². The molecule has 0 saturated carbocycles. The topological polar surface area (TPSA) is 56.3 Å². The number of sulfone groups is 1. The van der Waals surface area contributed by atoms with Crippen LogP contribution in [0.2, 0.25) is 0 Å². The Kier molecular flexibility index (Phi) is 3.23. The zero-order valence-corrected chi connectivity index (χ0v) is 8.88. The highest BCUT2D eigenvalue weighted by Gasteiger charge is 2.14. The lowest BCUT2D eigenvalue weighted by atomic mass is 10.4. The minimum atomic E-state index is -3.48. The summed E-state index contributed by atoms with van der Waals surface area (Å²) in [6.45, 7) is -1.52. The molecule has 0 unspecified atom stereocenters. The molecular formula is C8H9F2NO3S. The maximum Gasteiger partial charge on any atom is 0.387 e. The van der Waals surface area contributed by atoms with Crippen molar-refractivity contribution in [3.05, 3.63) is 18.0 Å². The zero-order valence-electron chi connectivity index (χ0n) is 8.07. The van der Waals surface area contributed by atoms with Crippen molar-refractivity contribution in [2.45, 2.75) is 18.4 Å². The van der Waals surface area contributed by atoms with Crippen molar-refractivity contribution in [3.8, 4) is 5.75 Å². The minimum absolute atomic E-state index is 0.111. The van der Waals surface area contributed by atoms with E-state index in [1.54, 1.807) is 0 Å². The maximum absolute atomic E-state index is 11.8. The van der Waals surface area contributed by atoms with Gasteiger partial charge in [-0.05, 0) is 6.92 Å². The van der Waals surface area contributed by atoms with Crippen LogP contribution < -0.4 is 4.74 Å². The Bertz CT molecular complexity index is 459. The Morgan fingerprint density at radius 3 is 2.53 bits per heavy atom. The van der Waals surface area contributed by atoms with Crippen molar-refractivity contribution >= 4 is 9.84 Å². The molecule has 1 aromatic rings. The van der Waals surface area contributed by atoms with Gasteiger partial charge in [0.25, 0.3) is 0 Å². The van der Waals surface area contributed by atoms with E-state index in [2.05, 4.69) is 9.72 Å². The Hall–Kier alpha value is -1.24. The van der Waals surface area contributed by atoms with Gasteiger partial charge in [0.05, 0.1) is 16.8 Å². The van der Waals surface area contributed by atoms with Crippen LogP contribution in [0.4, 0.5) is 8.78 Å². The second-order valence-electron chi connectivity index (χ2n) is 2.91. The van der Waals surface area contributed by atoms with Crippen molar-refractivity contribution in [1.82, 2.24) is 4.98 Å². The first-order valence-electron chi connectivity index (χ1n) is 3.92. The van der Waals surface area contributed by atoms with E-state index in [9.17, 15) is 17.2 Å². The van der Waals surface area contributed by atoms with Crippen molar-refractivity contribution in [1.29, 1.82) is 0 Å². The normalized spacial score (nSPS) is 11.8. The molecule has 84 valence electrons. The summed E-state index contributed by atoms with van der Waals surface area (Å²) in [5.41, 5.74) is 0.249. The van der Waals surface area contributed by atoms with Crippen molar-refractivity contribution in [2.24, 2.45) is 0 Å². The van der Waals surface area contributed by atoms with Gasteiger partial charge in [0.1, 0.15) is 5.75 Å². The van der Waals surface area contributed by atoms with Crippen LogP contribution in [0.3, 0.4) is 0 Å². The van der Waals surface area contributed by atoms with Gasteiger partial charge in [0, 0.05) is 12.3 Å². The fourth-order valence-electron chi connectivity index (χ4n) is 1.04. The number of halogens is 2. The molecule has 0 spiro atoms. The highest BCUT2D eigenvalue weighted by Crippen LogP contribution is 2.20. The van der Waals surface area contributed by atoms with Crippen LogP contribution in [0, 0.1) is 6.92 Å². The molecule has 0 fully saturated rings. The summed E-state index contributed by atoms with van der Waals surface area (Å²) in [6.07, 6.45) is 2.03. The zero-order chi connectivity index (χ0) is 11.6. The molecule has 1 aromatic heterocycles. The number of rotatable bonds is 3. The first-order valence-corrected chi connectivity index (χ1v) is 5.81. The van der Waals surface area contributed by atoms with E-state index in [-0.39, 0.29) is 16.3 Å². The second kappa shape index (κ2) is 4.09. The summed E-state index contributed by atoms with van der Waals surface area (Å²) >= 11 is 0. The van der Waals surface area contributed by atoms with E-state index in [1.807, 2.05) is 0 Å². The number of hydrogen-bond acceptors (Lipinski definition) is 4. The predicted octanol–water partition coefficient (Wildman–Crippen LogP) is 1.39. The van der Waals surface area contributed by atoms with Crippen LogP contribution in [0.15, 0.2) is 17.2 Å². The maximum atomic E-state index is 11.8. The van der Waals surface area contributed by atoms with E-state index in [0.29, 0.717) is 0 Å². The number of aryl methyl sites for hydroxylation is 1. The standard InChI is InChI=1S/C8H9F2NO3S/c1-5-7(15(2,12)13)3-6(4-11-5)14-8(9)10/h3-4,8H,1-2H3. The molecule has 0 aromatic carbocycles. The molecule has 0 aliphatic carbocycles. The number of ether oxygens (including phenoxy) is 1. The first kappa shape index (κ1) is 11.8. The highest BCUT2D eigenvalue weighted by atomic mass is 32.2. The molecular weight excluding hydrogens is 228 g/mol. The molecule has 0 bridgehead atoms. The minimum Gasteiger partial charge on any atom is -0.433 e. The van der Waals surface area contributed by atoms with Gasteiger partial charge in [0.15, 0.2) is 9.84 Å². The number of nitrogens with zero attached hydrogens (tertiary/aromatic N) is 1. The van der Waals surface area contributed by atoms with Crippen LogP contribution in [0.25, 0.3) is 0 Å². The molecule has 15 heavy (non-hydrogen) atoms. The molecule has 1 heterocycles. The third-order valence-corrected chi connectivity index (χ3v) is 2.85. The summed E-state index contributed by atoms with van der Waals surface area (Å²) in [7, 11) is -3.48. The molecule has 0 amide bonds. The van der Waals surface area contributed by atoms with Crippen LogP contribution in [0.1, 0.15) is 5.69 Å². The molecule has 0 saturated heterocycles. The first-order chi connectivity index (χ1) is 6.80. The SMILES string of the molecule is Cc1ncc(OC(F)F)cc1S(C)(=O)=O. The van der Waals surface area contributed by atoms with Gasteiger partial charge in [-0.15, -0.1) is 0 Å². The van der Waals surface area contributed by atoms with Crippen LogP contribution >= 0.6 is 0 Å². The van der Waals surface area contributed by atoms with Gasteiger partial charge in [-0.25, -0.2) is 8.42 Å². The van der Waals surface area contributed by atoms with Gasteiger partial charge in [0.2, 0.25) is 0 Å². The Balaban J connectivity index is 3.18. The van der Waals surface area contributed by atoms with Crippen molar-refractivity contribution in [2.75, 3.05) is 6.26 Å². The van der Waals surface area contributed by atoms with E-state index in [4.69, 9.17) is 0 Å². The van der Waals surface area contributed by atoms with Gasteiger partial charge in [-0.3, -0.25) is 4.98 Å². The van der Waals surface area contributed by atoms with E-state index in [0.717, 1.165) is 18.5 Å². The summed E-state index contributed by atoms with van der Waals surface area (Å²) in [6, 6.07) is 1.03. The van der Waals surface area contributed by atoms with Gasteiger partial charge < -0.3 is 4.74 Å². The molecule has 1 rings (SSSR count). The monoisotopic (exact) mass is 237 g/mol. The van der Waals surface area contributed by atoms with Crippen LogP contribution in [0.5, 0.6) is 5.75 Å². The highest BCUT2D eigenvalue weighted by molar-refractivity contribution is 7.90. The summed E-state index contributed by atoms with van der Waals surface area (Å²) in [4.78, 5) is 3.55. The van der Waals surface area contributed by atoms with Crippen LogP contribution in [-0.2, 0) is 9.84 Å². The molecule has 0 aliphatic rings. The number of pyridine rings is 1.